The van der Waals surface area contributed by atoms with E-state index in [1.807, 2.05) is 39.2 Å². The number of rotatable bonds is 8. The van der Waals surface area contributed by atoms with E-state index in [9.17, 15) is 4.79 Å². The standard InChI is InChI=1S/C17H29N3O2/c1-6-15-8-7-9-16(12-15)22-11-10-20(5)17(21)18-14(2)13-19(3)4/h7-9,12,14H,6,10-11,13H2,1-5H3,(H,18,21). The van der Waals surface area contributed by atoms with Crippen LogP contribution in [0, 0.1) is 0 Å². The SMILES string of the molecule is CCc1cccc(OCCN(C)C(=O)NC(C)CN(C)C)c1. The van der Waals surface area contributed by atoms with E-state index in [0.717, 1.165) is 18.7 Å². The van der Waals surface area contributed by atoms with E-state index >= 15 is 0 Å². The van der Waals surface area contributed by atoms with Crippen molar-refractivity contribution in [3.63, 3.8) is 0 Å². The van der Waals surface area contributed by atoms with Gasteiger partial charge >= 0.3 is 6.03 Å². The Kier molecular flexibility index (Phi) is 7.74. The Bertz CT molecular complexity index is 463. The fourth-order valence-corrected chi connectivity index (χ4v) is 2.17. The smallest absolute Gasteiger partial charge is 0.317 e. The second-order valence-corrected chi connectivity index (χ2v) is 5.88. The van der Waals surface area contributed by atoms with Gasteiger partial charge in [0.25, 0.3) is 0 Å². The number of hydrogen-bond donors (Lipinski definition) is 1. The summed E-state index contributed by atoms with van der Waals surface area (Å²) in [5.74, 6) is 0.856. The van der Waals surface area contributed by atoms with Gasteiger partial charge in [0.2, 0.25) is 0 Å². The molecule has 124 valence electrons. The summed E-state index contributed by atoms with van der Waals surface area (Å²) in [7, 11) is 5.76. The number of ether oxygens (including phenoxy) is 1. The molecule has 2 amide bonds. The van der Waals surface area contributed by atoms with Gasteiger partial charge in [-0.25, -0.2) is 4.79 Å². The number of urea groups is 1. The third-order valence-corrected chi connectivity index (χ3v) is 3.36. The van der Waals surface area contributed by atoms with Crippen LogP contribution in [0.4, 0.5) is 4.79 Å². The van der Waals surface area contributed by atoms with Crippen molar-refractivity contribution < 1.29 is 9.53 Å². The molecule has 1 aromatic carbocycles. The first-order valence-electron chi connectivity index (χ1n) is 7.80. The topological polar surface area (TPSA) is 44.8 Å². The van der Waals surface area contributed by atoms with E-state index in [-0.39, 0.29) is 12.1 Å². The van der Waals surface area contributed by atoms with Crippen molar-refractivity contribution in [1.82, 2.24) is 15.1 Å². The minimum Gasteiger partial charge on any atom is -0.492 e. The summed E-state index contributed by atoms with van der Waals surface area (Å²) in [5, 5.41) is 2.97. The predicted molar refractivity (Wildman–Crippen MR) is 90.5 cm³/mol. The van der Waals surface area contributed by atoms with E-state index in [2.05, 4.69) is 23.2 Å². The Hall–Kier alpha value is -1.75. The van der Waals surface area contributed by atoms with Crippen molar-refractivity contribution in [2.75, 3.05) is 40.8 Å². The lowest BCUT2D eigenvalue weighted by molar-refractivity contribution is 0.190. The van der Waals surface area contributed by atoms with Crippen LogP contribution in [0.5, 0.6) is 5.75 Å². The summed E-state index contributed by atoms with van der Waals surface area (Å²) in [6.07, 6.45) is 0.989. The van der Waals surface area contributed by atoms with Gasteiger partial charge in [0, 0.05) is 19.6 Å². The summed E-state index contributed by atoms with van der Waals surface area (Å²) in [5.41, 5.74) is 1.25. The molecule has 0 saturated carbocycles. The van der Waals surface area contributed by atoms with Gasteiger partial charge in [0.15, 0.2) is 0 Å². The van der Waals surface area contributed by atoms with Crippen LogP contribution in [0.3, 0.4) is 0 Å². The molecule has 0 fully saturated rings. The maximum Gasteiger partial charge on any atom is 0.317 e. The highest BCUT2D eigenvalue weighted by Gasteiger charge is 2.12. The average Bonchev–Trinajstić information content (AvgIpc) is 2.46. The summed E-state index contributed by atoms with van der Waals surface area (Å²) in [4.78, 5) is 15.7. The molecule has 1 unspecified atom stereocenters. The van der Waals surface area contributed by atoms with Crippen LogP contribution < -0.4 is 10.1 Å². The maximum absolute atomic E-state index is 12.0. The highest BCUT2D eigenvalue weighted by atomic mass is 16.5. The maximum atomic E-state index is 12.0. The molecule has 1 atom stereocenters. The third-order valence-electron chi connectivity index (χ3n) is 3.36. The third kappa shape index (κ3) is 6.80. The number of carbonyl (C=O) groups is 1. The first-order valence-corrected chi connectivity index (χ1v) is 7.80. The number of benzene rings is 1. The summed E-state index contributed by atoms with van der Waals surface area (Å²) >= 11 is 0. The second kappa shape index (κ2) is 9.30. The zero-order valence-corrected chi connectivity index (χ0v) is 14.4. The number of carbonyl (C=O) groups excluding carboxylic acids is 1. The molecule has 0 aliphatic carbocycles. The molecule has 0 aliphatic heterocycles. The fraction of sp³-hybridized carbons (Fsp3) is 0.588. The van der Waals surface area contributed by atoms with Crippen LogP contribution in [0.25, 0.3) is 0 Å². The molecule has 1 rings (SSSR count). The predicted octanol–water partition coefficient (Wildman–Crippen LogP) is 2.22. The number of amides is 2. The van der Waals surface area contributed by atoms with Crippen LogP contribution in [0.15, 0.2) is 24.3 Å². The van der Waals surface area contributed by atoms with Crippen molar-refractivity contribution in [2.45, 2.75) is 26.3 Å². The van der Waals surface area contributed by atoms with Gasteiger partial charge in [-0.3, -0.25) is 0 Å². The Balaban J connectivity index is 2.32. The van der Waals surface area contributed by atoms with E-state index in [1.165, 1.54) is 5.56 Å². The lowest BCUT2D eigenvalue weighted by atomic mass is 10.2. The molecular weight excluding hydrogens is 278 g/mol. The minimum atomic E-state index is -0.0692. The fourth-order valence-electron chi connectivity index (χ4n) is 2.17. The average molecular weight is 307 g/mol. The van der Waals surface area contributed by atoms with Gasteiger partial charge in [0.05, 0.1) is 6.54 Å². The first kappa shape index (κ1) is 18.3. The minimum absolute atomic E-state index is 0.0692. The van der Waals surface area contributed by atoms with E-state index < -0.39 is 0 Å². The molecular formula is C17H29N3O2. The first-order chi connectivity index (χ1) is 10.4. The zero-order valence-electron chi connectivity index (χ0n) is 14.4. The molecule has 0 spiro atoms. The van der Waals surface area contributed by atoms with Gasteiger partial charge in [-0.2, -0.15) is 0 Å². The van der Waals surface area contributed by atoms with E-state index in [4.69, 9.17) is 4.74 Å². The molecule has 22 heavy (non-hydrogen) atoms. The Morgan fingerprint density at radius 3 is 2.68 bits per heavy atom. The zero-order chi connectivity index (χ0) is 16.5. The van der Waals surface area contributed by atoms with Gasteiger partial charge in [-0.1, -0.05) is 19.1 Å². The lowest BCUT2D eigenvalue weighted by Gasteiger charge is -2.23. The van der Waals surface area contributed by atoms with Crippen LogP contribution in [-0.4, -0.2) is 62.7 Å². The Morgan fingerprint density at radius 1 is 1.32 bits per heavy atom. The Morgan fingerprint density at radius 2 is 2.05 bits per heavy atom. The van der Waals surface area contributed by atoms with E-state index in [0.29, 0.717) is 13.2 Å². The number of nitrogens with one attached hydrogen (secondary N) is 1. The number of nitrogens with zero attached hydrogens (tertiary/aromatic N) is 2. The quantitative estimate of drug-likeness (QED) is 0.801. The number of hydrogen-bond acceptors (Lipinski definition) is 3. The van der Waals surface area contributed by atoms with Gasteiger partial charge in [-0.05, 0) is 45.1 Å². The van der Waals surface area contributed by atoms with Crippen molar-refractivity contribution >= 4 is 6.03 Å². The molecule has 0 radical (unpaired) electrons. The normalized spacial score (nSPS) is 12.1. The molecule has 5 heteroatoms. The molecule has 5 nitrogen and oxygen atoms in total. The summed E-state index contributed by atoms with van der Waals surface area (Å²) in [6, 6.07) is 8.11. The molecule has 1 aromatic rings. The molecule has 0 aromatic heterocycles. The summed E-state index contributed by atoms with van der Waals surface area (Å²) in [6.45, 7) is 5.97. The van der Waals surface area contributed by atoms with E-state index in [1.54, 1.807) is 11.9 Å². The van der Waals surface area contributed by atoms with Crippen LogP contribution in [0.1, 0.15) is 19.4 Å². The van der Waals surface area contributed by atoms with Crippen molar-refractivity contribution in [2.24, 2.45) is 0 Å². The van der Waals surface area contributed by atoms with Crippen LogP contribution in [0.2, 0.25) is 0 Å². The lowest BCUT2D eigenvalue weighted by Crippen LogP contribution is -2.46. The monoisotopic (exact) mass is 307 g/mol. The Labute approximate surface area is 134 Å². The van der Waals surface area contributed by atoms with Gasteiger partial charge < -0.3 is 19.9 Å². The van der Waals surface area contributed by atoms with Crippen LogP contribution in [-0.2, 0) is 6.42 Å². The van der Waals surface area contributed by atoms with Crippen molar-refractivity contribution in [3.8, 4) is 5.75 Å². The number of likely N-dealkylation sites (N-methyl/N-ethyl adjacent to an activating group) is 2. The summed E-state index contributed by atoms with van der Waals surface area (Å²) < 4.78 is 5.71. The largest absolute Gasteiger partial charge is 0.492 e. The molecule has 0 heterocycles. The highest BCUT2D eigenvalue weighted by Crippen LogP contribution is 2.13. The molecule has 0 bridgehead atoms. The molecule has 1 N–H and O–H groups in total. The van der Waals surface area contributed by atoms with Crippen molar-refractivity contribution in [1.29, 1.82) is 0 Å². The molecule has 0 aliphatic rings. The highest BCUT2D eigenvalue weighted by molar-refractivity contribution is 5.74. The van der Waals surface area contributed by atoms with Crippen molar-refractivity contribution in [3.05, 3.63) is 29.8 Å². The van der Waals surface area contributed by atoms with Gasteiger partial charge in [0.1, 0.15) is 12.4 Å². The second-order valence-electron chi connectivity index (χ2n) is 5.88. The van der Waals surface area contributed by atoms with Crippen LogP contribution >= 0.6 is 0 Å². The van der Waals surface area contributed by atoms with Gasteiger partial charge in [-0.15, -0.1) is 0 Å². The molecule has 0 saturated heterocycles. The number of aryl methyl sites for hydroxylation is 1.